The van der Waals surface area contributed by atoms with Crippen LogP contribution in [-0.2, 0) is 4.79 Å². The molecule has 25 heavy (non-hydrogen) atoms. The zero-order valence-electron chi connectivity index (χ0n) is 16.6. The van der Waals surface area contributed by atoms with Gasteiger partial charge in [0.25, 0.3) is 0 Å². The van der Waals surface area contributed by atoms with Gasteiger partial charge in [0.1, 0.15) is 5.78 Å². The molecule has 4 aliphatic carbocycles. The van der Waals surface area contributed by atoms with E-state index in [-0.39, 0.29) is 11.0 Å². The summed E-state index contributed by atoms with van der Waals surface area (Å²) in [6, 6.07) is 0. The van der Waals surface area contributed by atoms with Gasteiger partial charge in [0, 0.05) is 5.92 Å². The first-order valence-corrected chi connectivity index (χ1v) is 11.1. The molecular weight excluding hydrogens is 308 g/mol. The molecule has 8 atom stereocenters. The molecule has 2 nitrogen and oxygen atoms in total. The van der Waals surface area contributed by atoms with Gasteiger partial charge in [-0.3, -0.25) is 4.79 Å². The molecule has 1 N–H and O–H groups in total. The normalized spacial score (nSPS) is 52.6. The molecule has 0 aromatic rings. The standard InChI is InChI=1S/C23H38O2/c1-4-23(25)13-11-17-16(14-23)8-9-19-18(17)10-12-22(3)20(15(2)24)6-5-7-21(19)22/h16-21,25H,4-14H2,1-3H3/t16-,17-,18+,19+,20+,21-,22+,23+/m0/s1. The molecule has 0 spiro atoms. The smallest absolute Gasteiger partial charge is 0.133 e. The zero-order chi connectivity index (χ0) is 17.8. The molecule has 0 bridgehead atoms. The van der Waals surface area contributed by atoms with Crippen LogP contribution < -0.4 is 0 Å². The number of carbonyl (C=O) groups excluding carboxylic acids is 1. The number of hydrogen-bond donors (Lipinski definition) is 1. The van der Waals surface area contributed by atoms with E-state index in [2.05, 4.69) is 13.8 Å². The first-order chi connectivity index (χ1) is 11.9. The molecule has 0 radical (unpaired) electrons. The van der Waals surface area contributed by atoms with Crippen LogP contribution in [0.4, 0.5) is 0 Å². The van der Waals surface area contributed by atoms with Gasteiger partial charge >= 0.3 is 0 Å². The SMILES string of the molecule is CC[C@@]1(O)CC[C@H]2[C@@H](CC[C@@H]3[C@@H]2CC[C@]2(C)[C@@H](C(C)=O)CCC[C@@H]32)C1. The highest BCUT2D eigenvalue weighted by Crippen LogP contribution is 2.63. The van der Waals surface area contributed by atoms with E-state index in [9.17, 15) is 9.90 Å². The van der Waals surface area contributed by atoms with Crippen molar-refractivity contribution in [2.24, 2.45) is 40.9 Å². The van der Waals surface area contributed by atoms with Crippen LogP contribution in [0.2, 0.25) is 0 Å². The Morgan fingerprint density at radius 2 is 1.76 bits per heavy atom. The van der Waals surface area contributed by atoms with E-state index in [0.717, 1.165) is 55.3 Å². The third-order valence-electron chi connectivity index (χ3n) is 9.49. The predicted molar refractivity (Wildman–Crippen MR) is 101 cm³/mol. The minimum Gasteiger partial charge on any atom is -0.390 e. The van der Waals surface area contributed by atoms with Crippen LogP contribution in [-0.4, -0.2) is 16.5 Å². The van der Waals surface area contributed by atoms with Gasteiger partial charge in [-0.15, -0.1) is 0 Å². The Morgan fingerprint density at radius 1 is 1.00 bits per heavy atom. The van der Waals surface area contributed by atoms with Gasteiger partial charge in [0.05, 0.1) is 5.60 Å². The average molecular weight is 347 g/mol. The summed E-state index contributed by atoms with van der Waals surface area (Å²) < 4.78 is 0. The second kappa shape index (κ2) is 6.36. The lowest BCUT2D eigenvalue weighted by Gasteiger charge is -2.60. The number of rotatable bonds is 2. The summed E-state index contributed by atoms with van der Waals surface area (Å²) in [4.78, 5) is 12.3. The van der Waals surface area contributed by atoms with Gasteiger partial charge in [-0.05, 0) is 106 Å². The largest absolute Gasteiger partial charge is 0.390 e. The van der Waals surface area contributed by atoms with Crippen molar-refractivity contribution in [3.05, 3.63) is 0 Å². The lowest BCUT2D eigenvalue weighted by molar-refractivity contribution is -0.147. The van der Waals surface area contributed by atoms with Crippen molar-refractivity contribution in [2.45, 2.75) is 97.0 Å². The molecule has 0 unspecified atom stereocenters. The maximum Gasteiger partial charge on any atom is 0.133 e. The molecule has 4 fully saturated rings. The highest BCUT2D eigenvalue weighted by Gasteiger charge is 2.56. The summed E-state index contributed by atoms with van der Waals surface area (Å²) in [5.74, 6) is 4.90. The zero-order valence-corrected chi connectivity index (χ0v) is 16.6. The Hall–Kier alpha value is -0.370. The molecule has 4 rings (SSSR count). The van der Waals surface area contributed by atoms with Gasteiger partial charge in [-0.1, -0.05) is 20.3 Å². The van der Waals surface area contributed by atoms with Crippen molar-refractivity contribution in [1.82, 2.24) is 0 Å². The van der Waals surface area contributed by atoms with E-state index in [4.69, 9.17) is 0 Å². The molecule has 4 saturated carbocycles. The summed E-state index contributed by atoms with van der Waals surface area (Å²) in [5, 5.41) is 10.8. The number of Topliss-reactive ketones (excluding diaryl/α,β-unsaturated/α-hetero) is 1. The molecule has 2 heteroatoms. The van der Waals surface area contributed by atoms with Crippen LogP contribution in [0.15, 0.2) is 0 Å². The van der Waals surface area contributed by atoms with Crippen molar-refractivity contribution in [1.29, 1.82) is 0 Å². The molecule has 0 aromatic heterocycles. The van der Waals surface area contributed by atoms with Crippen LogP contribution in [0.3, 0.4) is 0 Å². The van der Waals surface area contributed by atoms with E-state index in [0.29, 0.717) is 11.7 Å². The van der Waals surface area contributed by atoms with Crippen LogP contribution in [0, 0.1) is 40.9 Å². The molecule has 0 heterocycles. The number of hydrogen-bond acceptors (Lipinski definition) is 2. The van der Waals surface area contributed by atoms with Crippen LogP contribution >= 0.6 is 0 Å². The monoisotopic (exact) mass is 346 g/mol. The summed E-state index contributed by atoms with van der Waals surface area (Å²) in [6.45, 7) is 6.46. The fourth-order valence-corrected chi connectivity index (χ4v) is 8.15. The van der Waals surface area contributed by atoms with E-state index >= 15 is 0 Å². The predicted octanol–water partition coefficient (Wildman–Crippen LogP) is 5.38. The molecule has 4 aliphatic rings. The van der Waals surface area contributed by atoms with Crippen molar-refractivity contribution >= 4 is 5.78 Å². The highest BCUT2D eigenvalue weighted by molar-refractivity contribution is 5.79. The Labute approximate surface area is 154 Å². The van der Waals surface area contributed by atoms with Gasteiger partial charge in [0.15, 0.2) is 0 Å². The maximum absolute atomic E-state index is 12.3. The topological polar surface area (TPSA) is 37.3 Å². The second-order valence-corrected chi connectivity index (χ2v) is 10.4. The van der Waals surface area contributed by atoms with Gasteiger partial charge in [-0.25, -0.2) is 0 Å². The maximum atomic E-state index is 12.3. The molecule has 142 valence electrons. The quantitative estimate of drug-likeness (QED) is 0.729. The minimum absolute atomic E-state index is 0.275. The first-order valence-electron chi connectivity index (χ1n) is 11.1. The summed E-state index contributed by atoms with van der Waals surface area (Å²) in [6.07, 6.45) is 13.3. The Bertz CT molecular complexity index is 528. The number of carbonyl (C=O) groups is 1. The number of ketones is 1. The lowest BCUT2D eigenvalue weighted by atomic mass is 9.44. The van der Waals surface area contributed by atoms with Crippen molar-refractivity contribution in [2.75, 3.05) is 0 Å². The fourth-order valence-electron chi connectivity index (χ4n) is 8.15. The minimum atomic E-state index is -0.373. The van der Waals surface area contributed by atoms with Crippen LogP contribution in [0.5, 0.6) is 0 Å². The van der Waals surface area contributed by atoms with E-state index in [1.807, 2.05) is 6.92 Å². The van der Waals surface area contributed by atoms with E-state index < -0.39 is 0 Å². The van der Waals surface area contributed by atoms with Crippen molar-refractivity contribution in [3.8, 4) is 0 Å². The van der Waals surface area contributed by atoms with Gasteiger partial charge in [0.2, 0.25) is 0 Å². The molecule has 0 aliphatic heterocycles. The molecule has 0 aromatic carbocycles. The van der Waals surface area contributed by atoms with Crippen LogP contribution in [0.25, 0.3) is 0 Å². The average Bonchev–Trinajstić information content (AvgIpc) is 2.59. The molecular formula is C23H38O2. The Balaban J connectivity index is 1.55. The van der Waals surface area contributed by atoms with Crippen molar-refractivity contribution < 1.29 is 9.90 Å². The number of fused-ring (bicyclic) bond motifs is 5. The second-order valence-electron chi connectivity index (χ2n) is 10.4. The summed E-state index contributed by atoms with van der Waals surface area (Å²) in [5.41, 5.74) is -0.0986. The van der Waals surface area contributed by atoms with Gasteiger partial charge < -0.3 is 5.11 Å². The van der Waals surface area contributed by atoms with Crippen molar-refractivity contribution in [3.63, 3.8) is 0 Å². The number of aliphatic hydroxyl groups is 1. The van der Waals surface area contributed by atoms with E-state index in [1.165, 1.54) is 44.9 Å². The Kier molecular flexibility index (Phi) is 4.58. The third-order valence-corrected chi connectivity index (χ3v) is 9.49. The van der Waals surface area contributed by atoms with E-state index in [1.54, 1.807) is 0 Å². The summed E-state index contributed by atoms with van der Waals surface area (Å²) >= 11 is 0. The third kappa shape index (κ3) is 2.82. The Morgan fingerprint density at radius 3 is 2.48 bits per heavy atom. The summed E-state index contributed by atoms with van der Waals surface area (Å²) in [7, 11) is 0. The van der Waals surface area contributed by atoms with Gasteiger partial charge in [-0.2, -0.15) is 0 Å². The molecule has 0 saturated heterocycles. The fraction of sp³-hybridized carbons (Fsp3) is 0.957. The first kappa shape index (κ1) is 18.0. The van der Waals surface area contributed by atoms with Crippen LogP contribution in [0.1, 0.15) is 91.4 Å². The molecule has 0 amide bonds. The lowest BCUT2D eigenvalue weighted by Crippen LogP contribution is -2.54. The highest BCUT2D eigenvalue weighted by atomic mass is 16.3.